The Labute approximate surface area is 95.7 Å². The van der Waals surface area contributed by atoms with Gasteiger partial charge in [0.15, 0.2) is 5.69 Å². The molecular formula is C11H18N2O3. The van der Waals surface area contributed by atoms with Crippen molar-refractivity contribution in [1.82, 2.24) is 10.3 Å². The van der Waals surface area contributed by atoms with Crippen molar-refractivity contribution in [3.63, 3.8) is 0 Å². The molecule has 1 rings (SSSR count). The van der Waals surface area contributed by atoms with E-state index < -0.39 is 0 Å². The van der Waals surface area contributed by atoms with Crippen LogP contribution in [-0.2, 0) is 4.74 Å². The van der Waals surface area contributed by atoms with Gasteiger partial charge in [0.05, 0.1) is 14.2 Å². The molecule has 0 aliphatic heterocycles. The second kappa shape index (κ2) is 7.50. The van der Waals surface area contributed by atoms with E-state index in [4.69, 9.17) is 9.47 Å². The zero-order valence-corrected chi connectivity index (χ0v) is 10.4. The van der Waals surface area contributed by atoms with E-state index in [1.165, 1.54) is 14.2 Å². The van der Waals surface area contributed by atoms with Gasteiger partial charge in [-0.1, -0.05) is 26.5 Å². The number of allylic oxidation sites excluding steroid dienone is 2. The first kappa shape index (κ1) is 14.2. The van der Waals surface area contributed by atoms with Crippen molar-refractivity contribution < 1.29 is 14.1 Å². The van der Waals surface area contributed by atoms with Gasteiger partial charge < -0.3 is 9.47 Å². The maximum absolute atomic E-state index is 5.00. The Kier molecular flexibility index (Phi) is 6.67. The van der Waals surface area contributed by atoms with E-state index in [1.807, 2.05) is 20.8 Å². The lowest BCUT2D eigenvalue weighted by atomic mass is 10.1. The molecule has 1 heterocycles. The van der Waals surface area contributed by atoms with Gasteiger partial charge in [0.25, 0.3) is 5.88 Å². The smallest absolute Gasteiger partial charge is 0.283 e. The third kappa shape index (κ3) is 3.12. The topological polar surface area (TPSA) is 57.4 Å². The molecule has 0 unspecified atom stereocenters. The molecule has 0 amide bonds. The van der Waals surface area contributed by atoms with Crippen molar-refractivity contribution in [1.29, 1.82) is 0 Å². The molecule has 0 bridgehead atoms. The van der Waals surface area contributed by atoms with Crippen LogP contribution in [0.15, 0.2) is 23.0 Å². The van der Waals surface area contributed by atoms with Gasteiger partial charge in [-0.15, -0.1) is 0 Å². The molecule has 0 aliphatic carbocycles. The molecule has 90 valence electrons. The van der Waals surface area contributed by atoms with E-state index >= 15 is 0 Å². The molecule has 0 radical (unpaired) electrons. The molecule has 16 heavy (non-hydrogen) atoms. The first-order chi connectivity index (χ1) is 7.74. The van der Waals surface area contributed by atoms with Crippen LogP contribution in [0.5, 0.6) is 5.88 Å². The third-order valence-corrected chi connectivity index (χ3v) is 1.74. The van der Waals surface area contributed by atoms with Gasteiger partial charge in [-0.2, -0.15) is 0 Å². The van der Waals surface area contributed by atoms with Crippen molar-refractivity contribution >= 4 is 5.57 Å². The first-order valence-corrected chi connectivity index (χ1v) is 5.01. The van der Waals surface area contributed by atoms with Gasteiger partial charge in [0.2, 0.25) is 0 Å². The lowest BCUT2D eigenvalue weighted by molar-refractivity contribution is 0.281. The van der Waals surface area contributed by atoms with Gasteiger partial charge in [-0.25, -0.2) is 4.63 Å². The van der Waals surface area contributed by atoms with Crippen LogP contribution in [0.4, 0.5) is 0 Å². The van der Waals surface area contributed by atoms with E-state index in [9.17, 15) is 0 Å². The Balaban J connectivity index is 0.00000106. The molecule has 0 saturated carbocycles. The largest absolute Gasteiger partial charge is 0.497 e. The van der Waals surface area contributed by atoms with E-state index in [0.29, 0.717) is 22.9 Å². The predicted molar refractivity (Wildman–Crippen MR) is 62.0 cm³/mol. The monoisotopic (exact) mass is 226 g/mol. The zero-order valence-electron chi connectivity index (χ0n) is 10.4. The number of aromatic nitrogens is 2. The average molecular weight is 226 g/mol. The molecule has 5 nitrogen and oxygen atoms in total. The first-order valence-electron chi connectivity index (χ1n) is 5.01. The highest BCUT2D eigenvalue weighted by Gasteiger charge is 2.17. The summed E-state index contributed by atoms with van der Waals surface area (Å²) < 4.78 is 14.5. The lowest BCUT2D eigenvalue weighted by Gasteiger charge is -2.05. The summed E-state index contributed by atoms with van der Waals surface area (Å²) in [5.74, 6) is 0.804. The van der Waals surface area contributed by atoms with Crippen LogP contribution >= 0.6 is 0 Å². The van der Waals surface area contributed by atoms with Crippen LogP contribution in [0.2, 0.25) is 0 Å². The number of hydrogen-bond donors (Lipinski definition) is 0. The van der Waals surface area contributed by atoms with E-state index in [0.717, 1.165) is 0 Å². The van der Waals surface area contributed by atoms with Crippen LogP contribution in [0.3, 0.4) is 0 Å². The second-order valence-electron chi connectivity index (χ2n) is 2.45. The van der Waals surface area contributed by atoms with Gasteiger partial charge in [0.1, 0.15) is 5.76 Å². The van der Waals surface area contributed by atoms with E-state index in [1.54, 1.807) is 6.08 Å². The molecule has 0 aliphatic rings. The van der Waals surface area contributed by atoms with Crippen molar-refractivity contribution in [2.45, 2.75) is 20.8 Å². The van der Waals surface area contributed by atoms with Crippen molar-refractivity contribution in [2.24, 2.45) is 0 Å². The highest BCUT2D eigenvalue weighted by molar-refractivity contribution is 5.76. The van der Waals surface area contributed by atoms with Crippen LogP contribution in [0.25, 0.3) is 5.57 Å². The molecule has 0 saturated heterocycles. The maximum Gasteiger partial charge on any atom is 0.283 e. The summed E-state index contributed by atoms with van der Waals surface area (Å²) in [7, 11) is 3.03. The fourth-order valence-corrected chi connectivity index (χ4v) is 1.02. The van der Waals surface area contributed by atoms with Gasteiger partial charge >= 0.3 is 0 Å². The molecule has 0 spiro atoms. The fourth-order valence-electron chi connectivity index (χ4n) is 1.02. The summed E-state index contributed by atoms with van der Waals surface area (Å²) in [6, 6.07) is 0. The SMILES string of the molecule is C=C(OC)/C(=C\C)c1nonc1OC.CC. The van der Waals surface area contributed by atoms with E-state index in [-0.39, 0.29) is 0 Å². The zero-order chi connectivity index (χ0) is 12.6. The maximum atomic E-state index is 5.00. The highest BCUT2D eigenvalue weighted by Crippen LogP contribution is 2.26. The van der Waals surface area contributed by atoms with Crippen LogP contribution in [-0.4, -0.2) is 24.5 Å². The van der Waals surface area contributed by atoms with Crippen LogP contribution in [0, 0.1) is 0 Å². The molecular weight excluding hydrogens is 208 g/mol. The van der Waals surface area contributed by atoms with Crippen molar-refractivity contribution in [2.75, 3.05) is 14.2 Å². The van der Waals surface area contributed by atoms with Gasteiger partial charge in [-0.05, 0) is 17.2 Å². The summed E-state index contributed by atoms with van der Waals surface area (Å²) in [6.07, 6.45) is 1.80. The predicted octanol–water partition coefficient (Wildman–Crippen LogP) is 2.67. The Morgan fingerprint density at radius 1 is 1.31 bits per heavy atom. The molecule has 0 N–H and O–H groups in total. The van der Waals surface area contributed by atoms with Crippen LogP contribution in [0.1, 0.15) is 26.5 Å². The number of ether oxygens (including phenoxy) is 2. The Bertz CT molecular complexity index is 356. The Hall–Kier alpha value is -1.78. The lowest BCUT2D eigenvalue weighted by Crippen LogP contribution is -1.94. The minimum atomic E-state index is 0.316. The summed E-state index contributed by atoms with van der Waals surface area (Å²) in [5.41, 5.74) is 1.19. The van der Waals surface area contributed by atoms with Crippen molar-refractivity contribution in [3.05, 3.63) is 24.1 Å². The Morgan fingerprint density at radius 3 is 2.38 bits per heavy atom. The molecule has 1 aromatic heterocycles. The summed E-state index contributed by atoms with van der Waals surface area (Å²) >= 11 is 0. The molecule has 0 aromatic carbocycles. The second-order valence-corrected chi connectivity index (χ2v) is 2.45. The van der Waals surface area contributed by atoms with Gasteiger partial charge in [0, 0.05) is 5.57 Å². The number of hydrogen-bond acceptors (Lipinski definition) is 5. The number of nitrogens with zero attached hydrogens (tertiary/aromatic N) is 2. The van der Waals surface area contributed by atoms with Gasteiger partial charge in [-0.3, -0.25) is 0 Å². The summed E-state index contributed by atoms with van der Waals surface area (Å²) in [4.78, 5) is 0. The highest BCUT2D eigenvalue weighted by atomic mass is 16.6. The molecule has 5 heteroatoms. The molecule has 0 fully saturated rings. The third-order valence-electron chi connectivity index (χ3n) is 1.74. The minimum Gasteiger partial charge on any atom is -0.497 e. The van der Waals surface area contributed by atoms with Crippen molar-refractivity contribution in [3.8, 4) is 5.88 Å². The number of rotatable bonds is 4. The quantitative estimate of drug-likeness (QED) is 0.583. The fraction of sp³-hybridized carbons (Fsp3) is 0.455. The molecule has 1 aromatic rings. The summed E-state index contributed by atoms with van der Waals surface area (Å²) in [5, 5.41) is 7.28. The Morgan fingerprint density at radius 2 is 1.94 bits per heavy atom. The molecule has 0 atom stereocenters. The summed E-state index contributed by atoms with van der Waals surface area (Å²) in [6.45, 7) is 9.56. The standard InChI is InChI=1S/C9H12N2O3.C2H6/c1-5-7(6(2)12-3)8-9(13-4)11-14-10-8;1-2/h5H,2H2,1,3-4H3;1-2H3/b7-5+;. The van der Waals surface area contributed by atoms with E-state index in [2.05, 4.69) is 21.5 Å². The average Bonchev–Trinajstić information content (AvgIpc) is 2.80. The normalized spacial score (nSPS) is 10.2. The number of methoxy groups -OCH3 is 2. The minimum absolute atomic E-state index is 0.316. The van der Waals surface area contributed by atoms with Crippen LogP contribution < -0.4 is 4.74 Å².